The highest BCUT2D eigenvalue weighted by molar-refractivity contribution is 4.89. The topological polar surface area (TPSA) is 9.23 Å². The van der Waals surface area contributed by atoms with Crippen molar-refractivity contribution in [3.8, 4) is 0 Å². The van der Waals surface area contributed by atoms with Crippen LogP contribution >= 0.6 is 0 Å². The molecular weight excluding hydrogens is 136 g/mol. The summed E-state index contributed by atoms with van der Waals surface area (Å²) in [6.45, 7) is 7.75. The molecule has 0 saturated heterocycles. The molecular formula is C10H18O. The monoisotopic (exact) mass is 154 g/mol. The minimum Gasteiger partial charge on any atom is -0.501 e. The summed E-state index contributed by atoms with van der Waals surface area (Å²) in [6, 6.07) is 0. The minimum absolute atomic E-state index is 0.469. The summed E-state index contributed by atoms with van der Waals surface area (Å²) < 4.78 is 5.14. The zero-order valence-electron chi connectivity index (χ0n) is 7.76. The molecule has 1 unspecified atom stereocenters. The maximum Gasteiger partial charge on any atom is 0.0936 e. The number of rotatable bonds is 2. The third-order valence-corrected chi connectivity index (χ3v) is 2.02. The Morgan fingerprint density at radius 3 is 2.64 bits per heavy atom. The molecule has 1 rings (SSSR count). The van der Waals surface area contributed by atoms with E-state index in [1.807, 2.05) is 6.26 Å². The van der Waals surface area contributed by atoms with E-state index in [2.05, 4.69) is 26.8 Å². The number of ether oxygens (including phenoxy) is 1. The normalized spacial score (nSPS) is 23.7. The Bertz CT molecular complexity index is 141. The Kier molecular flexibility index (Phi) is 2.58. The Hall–Kier alpha value is -0.460. The van der Waals surface area contributed by atoms with Gasteiger partial charge in [-0.3, -0.25) is 0 Å². The minimum atomic E-state index is 0.469. The van der Waals surface area contributed by atoms with E-state index in [-0.39, 0.29) is 0 Å². The highest BCUT2D eigenvalue weighted by Crippen LogP contribution is 2.25. The summed E-state index contributed by atoms with van der Waals surface area (Å²) >= 11 is 0. The van der Waals surface area contributed by atoms with Gasteiger partial charge in [0.1, 0.15) is 0 Å². The molecule has 1 aliphatic heterocycles. The van der Waals surface area contributed by atoms with Crippen LogP contribution in [-0.2, 0) is 4.74 Å². The molecule has 1 aliphatic rings. The first-order valence-corrected chi connectivity index (χ1v) is 4.36. The van der Waals surface area contributed by atoms with Crippen LogP contribution in [0.25, 0.3) is 0 Å². The van der Waals surface area contributed by atoms with Crippen molar-refractivity contribution >= 4 is 0 Å². The molecule has 1 atom stereocenters. The Morgan fingerprint density at radius 1 is 1.45 bits per heavy atom. The van der Waals surface area contributed by atoms with E-state index < -0.39 is 0 Å². The molecule has 64 valence electrons. The van der Waals surface area contributed by atoms with Gasteiger partial charge in [0.25, 0.3) is 0 Å². The Labute approximate surface area is 69.4 Å². The van der Waals surface area contributed by atoms with E-state index in [0.717, 1.165) is 6.61 Å². The van der Waals surface area contributed by atoms with Gasteiger partial charge in [-0.2, -0.15) is 0 Å². The van der Waals surface area contributed by atoms with Crippen molar-refractivity contribution in [3.05, 3.63) is 12.3 Å². The van der Waals surface area contributed by atoms with Gasteiger partial charge in [-0.15, -0.1) is 0 Å². The molecule has 0 aliphatic carbocycles. The van der Waals surface area contributed by atoms with Crippen LogP contribution in [0.4, 0.5) is 0 Å². The lowest BCUT2D eigenvalue weighted by atomic mass is 9.87. The fourth-order valence-electron chi connectivity index (χ4n) is 1.20. The zero-order valence-corrected chi connectivity index (χ0v) is 7.76. The zero-order chi connectivity index (χ0) is 8.32. The van der Waals surface area contributed by atoms with Gasteiger partial charge in [0.2, 0.25) is 0 Å². The van der Waals surface area contributed by atoms with Gasteiger partial charge in [0, 0.05) is 5.92 Å². The van der Waals surface area contributed by atoms with Gasteiger partial charge >= 0.3 is 0 Å². The Morgan fingerprint density at radius 2 is 2.18 bits per heavy atom. The van der Waals surface area contributed by atoms with Gasteiger partial charge in [0.05, 0.1) is 12.9 Å². The second-order valence-electron chi connectivity index (χ2n) is 4.52. The first-order chi connectivity index (χ1) is 5.08. The highest BCUT2D eigenvalue weighted by atomic mass is 16.5. The SMILES string of the molecule is CC(C)(C)CCC1C=COC1. The average Bonchev–Trinajstić information content (AvgIpc) is 2.32. The summed E-state index contributed by atoms with van der Waals surface area (Å²) in [5.41, 5.74) is 0.469. The van der Waals surface area contributed by atoms with Gasteiger partial charge in [-0.05, 0) is 24.3 Å². The van der Waals surface area contributed by atoms with E-state index in [1.165, 1.54) is 12.8 Å². The summed E-state index contributed by atoms with van der Waals surface area (Å²) in [6.07, 6.45) is 6.55. The summed E-state index contributed by atoms with van der Waals surface area (Å²) in [4.78, 5) is 0. The highest BCUT2D eigenvalue weighted by Gasteiger charge is 2.15. The molecule has 1 heteroatoms. The smallest absolute Gasteiger partial charge is 0.0936 e. The van der Waals surface area contributed by atoms with Crippen LogP contribution in [-0.4, -0.2) is 6.61 Å². The van der Waals surface area contributed by atoms with Gasteiger partial charge in [-0.1, -0.05) is 20.8 Å². The molecule has 1 nitrogen and oxygen atoms in total. The van der Waals surface area contributed by atoms with Crippen molar-refractivity contribution in [1.29, 1.82) is 0 Å². The molecule has 0 fully saturated rings. The standard InChI is InChI=1S/C10H18O/c1-10(2,3)6-4-9-5-7-11-8-9/h5,7,9H,4,6,8H2,1-3H3. The lowest BCUT2D eigenvalue weighted by Crippen LogP contribution is -2.08. The summed E-state index contributed by atoms with van der Waals surface area (Å²) in [5.74, 6) is 0.675. The van der Waals surface area contributed by atoms with Crippen LogP contribution in [0.1, 0.15) is 33.6 Å². The summed E-state index contributed by atoms with van der Waals surface area (Å²) in [5, 5.41) is 0. The number of hydrogen-bond donors (Lipinski definition) is 0. The van der Waals surface area contributed by atoms with Crippen molar-refractivity contribution in [2.24, 2.45) is 11.3 Å². The first-order valence-electron chi connectivity index (χ1n) is 4.36. The molecule has 0 saturated carbocycles. The van der Waals surface area contributed by atoms with Crippen molar-refractivity contribution in [1.82, 2.24) is 0 Å². The second kappa shape index (κ2) is 3.29. The average molecular weight is 154 g/mol. The van der Waals surface area contributed by atoms with Gasteiger partial charge < -0.3 is 4.74 Å². The predicted molar refractivity (Wildman–Crippen MR) is 47.3 cm³/mol. The molecule has 0 N–H and O–H groups in total. The van der Waals surface area contributed by atoms with Crippen LogP contribution < -0.4 is 0 Å². The third kappa shape index (κ3) is 3.45. The Balaban J connectivity index is 2.17. The van der Waals surface area contributed by atoms with Crippen molar-refractivity contribution in [2.45, 2.75) is 33.6 Å². The van der Waals surface area contributed by atoms with Crippen molar-refractivity contribution < 1.29 is 4.74 Å². The maximum atomic E-state index is 5.14. The van der Waals surface area contributed by atoms with E-state index >= 15 is 0 Å². The lowest BCUT2D eigenvalue weighted by molar-refractivity contribution is 0.231. The van der Waals surface area contributed by atoms with E-state index in [4.69, 9.17) is 4.74 Å². The molecule has 1 heterocycles. The van der Waals surface area contributed by atoms with Crippen molar-refractivity contribution in [2.75, 3.05) is 6.61 Å². The van der Waals surface area contributed by atoms with Gasteiger partial charge in [0.15, 0.2) is 0 Å². The van der Waals surface area contributed by atoms with Crippen LogP contribution in [0.5, 0.6) is 0 Å². The fraction of sp³-hybridized carbons (Fsp3) is 0.800. The molecule has 0 aromatic carbocycles. The second-order valence-corrected chi connectivity index (χ2v) is 4.52. The predicted octanol–water partition coefficient (Wildman–Crippen LogP) is 2.97. The first kappa shape index (κ1) is 8.63. The summed E-state index contributed by atoms with van der Waals surface area (Å²) in [7, 11) is 0. The molecule has 11 heavy (non-hydrogen) atoms. The quantitative estimate of drug-likeness (QED) is 0.594. The van der Waals surface area contributed by atoms with E-state index in [1.54, 1.807) is 0 Å². The molecule has 0 radical (unpaired) electrons. The molecule has 0 aromatic heterocycles. The van der Waals surface area contributed by atoms with E-state index in [0.29, 0.717) is 11.3 Å². The molecule has 0 bridgehead atoms. The number of hydrogen-bond acceptors (Lipinski definition) is 1. The van der Waals surface area contributed by atoms with Crippen LogP contribution in [0.2, 0.25) is 0 Å². The maximum absolute atomic E-state index is 5.14. The largest absolute Gasteiger partial charge is 0.501 e. The molecule has 0 amide bonds. The van der Waals surface area contributed by atoms with Crippen LogP contribution in [0.15, 0.2) is 12.3 Å². The molecule has 0 spiro atoms. The van der Waals surface area contributed by atoms with Gasteiger partial charge in [-0.25, -0.2) is 0 Å². The van der Waals surface area contributed by atoms with Crippen LogP contribution in [0.3, 0.4) is 0 Å². The van der Waals surface area contributed by atoms with E-state index in [9.17, 15) is 0 Å². The molecule has 0 aromatic rings. The lowest BCUT2D eigenvalue weighted by Gasteiger charge is -2.19. The fourth-order valence-corrected chi connectivity index (χ4v) is 1.20. The van der Waals surface area contributed by atoms with Crippen LogP contribution in [0, 0.1) is 11.3 Å². The van der Waals surface area contributed by atoms with Crippen molar-refractivity contribution in [3.63, 3.8) is 0 Å². The third-order valence-electron chi connectivity index (χ3n) is 2.02.